The Morgan fingerprint density at radius 3 is 2.46 bits per heavy atom. The molecule has 1 aliphatic heterocycles. The van der Waals surface area contributed by atoms with Crippen molar-refractivity contribution < 1.29 is 22.7 Å². The number of carbonyl (C=O) groups excluding carboxylic acids is 1. The highest BCUT2D eigenvalue weighted by atomic mass is 19.4. The zero-order valence-electron chi connectivity index (χ0n) is 14.5. The van der Waals surface area contributed by atoms with Crippen LogP contribution in [0.15, 0.2) is 36.4 Å². The molecule has 138 valence electrons. The normalized spacial score (nSPS) is 13.9. The van der Waals surface area contributed by atoms with E-state index in [0.29, 0.717) is 13.1 Å². The summed E-state index contributed by atoms with van der Waals surface area (Å²) in [7, 11) is 1.87. The maximum atomic E-state index is 12.7. The van der Waals surface area contributed by atoms with E-state index in [2.05, 4.69) is 10.1 Å². The molecule has 1 amide bonds. The van der Waals surface area contributed by atoms with Gasteiger partial charge in [0.25, 0.3) is 5.91 Å². The van der Waals surface area contributed by atoms with Crippen LogP contribution in [0.2, 0.25) is 0 Å². The van der Waals surface area contributed by atoms with Crippen LogP contribution in [0.25, 0.3) is 0 Å². The van der Waals surface area contributed by atoms with Crippen LogP contribution in [0, 0.1) is 6.92 Å². The fourth-order valence-corrected chi connectivity index (χ4v) is 3.26. The first-order valence-corrected chi connectivity index (χ1v) is 8.18. The van der Waals surface area contributed by atoms with Crippen LogP contribution in [-0.2, 0) is 19.6 Å². The van der Waals surface area contributed by atoms with E-state index in [-0.39, 0.29) is 11.7 Å². The summed E-state index contributed by atoms with van der Waals surface area (Å²) in [6.45, 7) is 3.47. The van der Waals surface area contributed by atoms with Gasteiger partial charge in [0.15, 0.2) is 0 Å². The third-order valence-corrected chi connectivity index (χ3v) is 4.25. The maximum Gasteiger partial charge on any atom is 0.573 e. The highest BCUT2D eigenvalue weighted by Crippen LogP contribution is 2.29. The number of rotatable bonds is 5. The van der Waals surface area contributed by atoms with Gasteiger partial charge in [0.2, 0.25) is 0 Å². The van der Waals surface area contributed by atoms with E-state index in [1.54, 1.807) is 4.90 Å². The molecule has 0 unspecified atom stereocenters. The predicted octanol–water partition coefficient (Wildman–Crippen LogP) is 3.77. The Balaban J connectivity index is 1.73. The molecule has 7 heteroatoms. The smallest absolute Gasteiger partial charge is 0.406 e. The number of aryl methyl sites for hydroxylation is 1. The van der Waals surface area contributed by atoms with Crippen molar-refractivity contribution in [3.63, 3.8) is 0 Å². The minimum absolute atomic E-state index is 0.0517. The van der Waals surface area contributed by atoms with E-state index in [0.717, 1.165) is 34.4 Å². The molecule has 1 N–H and O–H groups in total. The molecule has 26 heavy (non-hydrogen) atoms. The molecule has 0 fully saturated rings. The van der Waals surface area contributed by atoms with Crippen LogP contribution >= 0.6 is 0 Å². The van der Waals surface area contributed by atoms with E-state index in [9.17, 15) is 18.0 Å². The van der Waals surface area contributed by atoms with Crippen LogP contribution in [0.1, 0.15) is 32.6 Å². The monoisotopic (exact) mass is 364 g/mol. The first-order valence-electron chi connectivity index (χ1n) is 8.18. The van der Waals surface area contributed by atoms with Crippen LogP contribution < -0.4 is 10.1 Å². The van der Waals surface area contributed by atoms with E-state index in [1.807, 2.05) is 26.1 Å². The molecule has 0 aliphatic carbocycles. The third kappa shape index (κ3) is 3.99. The number of nitrogens with zero attached hydrogens (tertiary/aromatic N) is 1. The topological polar surface area (TPSA) is 41.6 Å². The first-order chi connectivity index (χ1) is 12.3. The molecule has 0 radical (unpaired) electrons. The van der Waals surface area contributed by atoms with Gasteiger partial charge >= 0.3 is 6.36 Å². The molecular weight excluding hydrogens is 345 g/mol. The lowest BCUT2D eigenvalue weighted by Crippen LogP contribution is -2.23. The van der Waals surface area contributed by atoms with Gasteiger partial charge < -0.3 is 15.0 Å². The maximum absolute atomic E-state index is 12.7. The fraction of sp³-hybridized carbons (Fsp3) is 0.316. The Hall–Kier alpha value is -2.54. The molecule has 0 aromatic heterocycles. The molecule has 0 spiro atoms. The van der Waals surface area contributed by atoms with Crippen molar-refractivity contribution in [3.8, 4) is 5.75 Å². The summed E-state index contributed by atoms with van der Waals surface area (Å²) in [6.07, 6.45) is -4.71. The standard InChI is InChI=1S/C19H19F3N2O2/c1-12-7-14(9-23-2)8-15-11-24(18(25)17(12)15)10-13-3-5-16(6-4-13)26-19(20,21)22/h3-8,23H,9-11H2,1-2H3. The minimum Gasteiger partial charge on any atom is -0.406 e. The average Bonchev–Trinajstić information content (AvgIpc) is 2.84. The van der Waals surface area contributed by atoms with Crippen LogP contribution in [0.3, 0.4) is 0 Å². The van der Waals surface area contributed by atoms with Crippen molar-refractivity contribution >= 4 is 5.91 Å². The van der Waals surface area contributed by atoms with Gasteiger partial charge in [-0.3, -0.25) is 4.79 Å². The van der Waals surface area contributed by atoms with E-state index >= 15 is 0 Å². The van der Waals surface area contributed by atoms with Crippen molar-refractivity contribution in [1.29, 1.82) is 0 Å². The SMILES string of the molecule is CNCc1cc(C)c2c(c1)CN(Cc1ccc(OC(F)(F)F)cc1)C2=O. The Labute approximate surface area is 149 Å². The highest BCUT2D eigenvalue weighted by molar-refractivity contribution is 5.99. The van der Waals surface area contributed by atoms with Crippen molar-refractivity contribution in [2.45, 2.75) is 32.9 Å². The number of ether oxygens (including phenoxy) is 1. The second-order valence-corrected chi connectivity index (χ2v) is 6.33. The molecule has 3 rings (SSSR count). The summed E-state index contributed by atoms with van der Waals surface area (Å²) >= 11 is 0. The lowest BCUT2D eigenvalue weighted by molar-refractivity contribution is -0.274. The molecule has 2 aromatic rings. The molecule has 0 saturated carbocycles. The average molecular weight is 364 g/mol. The fourth-order valence-electron chi connectivity index (χ4n) is 3.26. The van der Waals surface area contributed by atoms with Crippen LogP contribution in [0.5, 0.6) is 5.75 Å². The number of amides is 1. The van der Waals surface area contributed by atoms with Crippen LogP contribution in [-0.4, -0.2) is 24.2 Å². The number of hydrogen-bond acceptors (Lipinski definition) is 3. The van der Waals surface area contributed by atoms with Gasteiger partial charge in [-0.2, -0.15) is 0 Å². The van der Waals surface area contributed by atoms with Gasteiger partial charge in [0.1, 0.15) is 5.75 Å². The minimum atomic E-state index is -4.71. The van der Waals surface area contributed by atoms with Gasteiger partial charge in [-0.25, -0.2) is 0 Å². The number of benzene rings is 2. The molecule has 0 bridgehead atoms. The Kier molecular flexibility index (Phi) is 4.91. The van der Waals surface area contributed by atoms with Gasteiger partial charge in [0.05, 0.1) is 0 Å². The summed E-state index contributed by atoms with van der Waals surface area (Å²) in [5.41, 5.74) is 4.51. The molecule has 4 nitrogen and oxygen atoms in total. The molecule has 0 saturated heterocycles. The predicted molar refractivity (Wildman–Crippen MR) is 90.6 cm³/mol. The number of hydrogen-bond donors (Lipinski definition) is 1. The number of alkyl halides is 3. The second-order valence-electron chi connectivity index (χ2n) is 6.33. The van der Waals surface area contributed by atoms with Gasteiger partial charge in [0, 0.05) is 25.2 Å². The third-order valence-electron chi connectivity index (χ3n) is 4.25. The van der Waals surface area contributed by atoms with Gasteiger partial charge in [-0.1, -0.05) is 24.3 Å². The van der Waals surface area contributed by atoms with Crippen LogP contribution in [0.4, 0.5) is 13.2 Å². The largest absolute Gasteiger partial charge is 0.573 e. The highest BCUT2D eigenvalue weighted by Gasteiger charge is 2.31. The lowest BCUT2D eigenvalue weighted by Gasteiger charge is -2.16. The number of fused-ring (bicyclic) bond motifs is 1. The van der Waals surface area contributed by atoms with Gasteiger partial charge in [-0.05, 0) is 48.4 Å². The Bertz CT molecular complexity index is 817. The molecule has 0 atom stereocenters. The van der Waals surface area contributed by atoms with Crippen molar-refractivity contribution in [2.24, 2.45) is 0 Å². The van der Waals surface area contributed by atoms with E-state index < -0.39 is 6.36 Å². The summed E-state index contributed by atoms with van der Waals surface area (Å²) in [5.74, 6) is -0.325. The summed E-state index contributed by atoms with van der Waals surface area (Å²) in [4.78, 5) is 14.4. The quantitative estimate of drug-likeness (QED) is 0.878. The molecular formula is C19H19F3N2O2. The van der Waals surface area contributed by atoms with Crippen molar-refractivity contribution in [3.05, 3.63) is 64.2 Å². The Morgan fingerprint density at radius 1 is 1.15 bits per heavy atom. The zero-order chi connectivity index (χ0) is 18.9. The summed E-state index contributed by atoms with van der Waals surface area (Å²) < 4.78 is 40.5. The molecule has 2 aromatic carbocycles. The van der Waals surface area contributed by atoms with Crippen molar-refractivity contribution in [1.82, 2.24) is 10.2 Å². The second kappa shape index (κ2) is 6.99. The van der Waals surface area contributed by atoms with E-state index in [1.165, 1.54) is 24.3 Å². The first kappa shape index (κ1) is 18.3. The number of halogens is 3. The Morgan fingerprint density at radius 2 is 1.85 bits per heavy atom. The van der Waals surface area contributed by atoms with Crippen molar-refractivity contribution in [2.75, 3.05) is 7.05 Å². The molecule has 1 heterocycles. The molecule has 1 aliphatic rings. The van der Waals surface area contributed by atoms with E-state index in [4.69, 9.17) is 0 Å². The summed E-state index contributed by atoms with van der Waals surface area (Å²) in [5, 5.41) is 3.10. The number of carbonyl (C=O) groups is 1. The zero-order valence-corrected chi connectivity index (χ0v) is 14.5. The van der Waals surface area contributed by atoms with Gasteiger partial charge in [-0.15, -0.1) is 13.2 Å². The summed E-state index contributed by atoms with van der Waals surface area (Å²) in [6, 6.07) is 9.61. The lowest BCUT2D eigenvalue weighted by atomic mass is 10.0. The number of nitrogens with one attached hydrogen (secondary N) is 1.